The molecule has 7 heteroatoms. The van der Waals surface area contributed by atoms with Crippen molar-refractivity contribution < 1.29 is 13.5 Å². The minimum atomic E-state index is -0.869. The van der Waals surface area contributed by atoms with Gasteiger partial charge in [-0.15, -0.1) is 0 Å². The van der Waals surface area contributed by atoms with E-state index in [4.69, 9.17) is 4.74 Å². The second-order valence-electron chi connectivity index (χ2n) is 3.53. The van der Waals surface area contributed by atoms with E-state index in [-0.39, 0.29) is 11.7 Å². The number of hydrogen-bond donors (Lipinski definition) is 1. The molecule has 0 aliphatic rings. The first kappa shape index (κ1) is 14.2. The van der Waals surface area contributed by atoms with Crippen molar-refractivity contribution in [2.24, 2.45) is 0 Å². The number of hydrogen-bond acceptors (Lipinski definition) is 3. The van der Waals surface area contributed by atoms with E-state index >= 15 is 0 Å². The standard InChI is InChI=1S/C12H8Br2F2N2O/c1-17-11-8(15)5-9(16)12(18-11)19-10-3-2-6(13)4-7(10)14/h2-5H,1H3,(H,17,18). The molecular weight excluding hydrogens is 386 g/mol. The number of benzene rings is 1. The number of aromatic nitrogens is 1. The molecule has 1 N–H and O–H groups in total. The van der Waals surface area contributed by atoms with Crippen LogP contribution < -0.4 is 10.1 Å². The maximum atomic E-state index is 13.6. The van der Waals surface area contributed by atoms with Gasteiger partial charge < -0.3 is 10.1 Å². The summed E-state index contributed by atoms with van der Waals surface area (Å²) in [6.45, 7) is 0. The van der Waals surface area contributed by atoms with Crippen LogP contribution in [0.1, 0.15) is 0 Å². The molecule has 2 aromatic rings. The van der Waals surface area contributed by atoms with Gasteiger partial charge in [0.2, 0.25) is 0 Å². The molecule has 0 atom stereocenters. The van der Waals surface area contributed by atoms with Crippen LogP contribution in [0.3, 0.4) is 0 Å². The predicted molar refractivity (Wildman–Crippen MR) is 75.6 cm³/mol. The molecule has 0 saturated heterocycles. The third kappa shape index (κ3) is 3.22. The molecule has 3 nitrogen and oxygen atoms in total. The fraction of sp³-hybridized carbons (Fsp3) is 0.0833. The van der Waals surface area contributed by atoms with E-state index in [0.717, 1.165) is 10.5 Å². The molecular formula is C12H8Br2F2N2O. The van der Waals surface area contributed by atoms with E-state index in [0.29, 0.717) is 10.2 Å². The van der Waals surface area contributed by atoms with Gasteiger partial charge in [0.1, 0.15) is 5.75 Å². The summed E-state index contributed by atoms with van der Waals surface area (Å²) >= 11 is 6.58. The zero-order valence-electron chi connectivity index (χ0n) is 9.68. The molecule has 0 bridgehead atoms. The highest BCUT2D eigenvalue weighted by Gasteiger charge is 2.14. The highest BCUT2D eigenvalue weighted by atomic mass is 79.9. The minimum absolute atomic E-state index is 0.0790. The molecule has 0 amide bonds. The molecule has 0 aliphatic carbocycles. The van der Waals surface area contributed by atoms with Gasteiger partial charge in [0.05, 0.1) is 4.47 Å². The smallest absolute Gasteiger partial charge is 0.258 e. The largest absolute Gasteiger partial charge is 0.435 e. The summed E-state index contributed by atoms with van der Waals surface area (Å²) in [5, 5.41) is 2.52. The Balaban J connectivity index is 2.37. The molecule has 100 valence electrons. The van der Waals surface area contributed by atoms with Crippen molar-refractivity contribution in [3.05, 3.63) is 44.8 Å². The van der Waals surface area contributed by atoms with Crippen molar-refractivity contribution in [3.63, 3.8) is 0 Å². The normalized spacial score (nSPS) is 10.4. The quantitative estimate of drug-likeness (QED) is 0.819. The van der Waals surface area contributed by atoms with E-state index in [1.165, 1.54) is 7.05 Å². The summed E-state index contributed by atoms with van der Waals surface area (Å²) in [5.41, 5.74) is 0. The second-order valence-corrected chi connectivity index (χ2v) is 5.30. The van der Waals surface area contributed by atoms with Crippen molar-refractivity contribution in [2.75, 3.05) is 12.4 Å². The Morgan fingerprint density at radius 1 is 1.16 bits per heavy atom. The number of pyridine rings is 1. The van der Waals surface area contributed by atoms with Gasteiger partial charge in [0.15, 0.2) is 17.5 Å². The Bertz CT molecular complexity index is 623. The van der Waals surface area contributed by atoms with Gasteiger partial charge in [-0.05, 0) is 34.1 Å². The second kappa shape index (κ2) is 5.83. The van der Waals surface area contributed by atoms with Crippen LogP contribution in [0.15, 0.2) is 33.2 Å². The number of rotatable bonds is 3. The van der Waals surface area contributed by atoms with Crippen LogP contribution in [0.5, 0.6) is 11.6 Å². The van der Waals surface area contributed by atoms with Crippen LogP contribution in [0.4, 0.5) is 14.6 Å². The van der Waals surface area contributed by atoms with Crippen molar-refractivity contribution in [1.29, 1.82) is 0 Å². The lowest BCUT2D eigenvalue weighted by atomic mass is 10.3. The van der Waals surface area contributed by atoms with Crippen LogP contribution in [0.2, 0.25) is 0 Å². The lowest BCUT2D eigenvalue weighted by Gasteiger charge is -2.10. The maximum absolute atomic E-state index is 13.6. The van der Waals surface area contributed by atoms with E-state index < -0.39 is 11.6 Å². The summed E-state index contributed by atoms with van der Waals surface area (Å²) in [6, 6.07) is 5.84. The molecule has 0 aliphatic heterocycles. The lowest BCUT2D eigenvalue weighted by Crippen LogP contribution is -2.01. The third-order valence-electron chi connectivity index (χ3n) is 2.23. The summed E-state index contributed by atoms with van der Waals surface area (Å²) < 4.78 is 33.6. The summed E-state index contributed by atoms with van der Waals surface area (Å²) in [6.07, 6.45) is 0. The van der Waals surface area contributed by atoms with E-state index in [1.54, 1.807) is 18.2 Å². The predicted octanol–water partition coefficient (Wildman–Crippen LogP) is 4.72. The molecule has 19 heavy (non-hydrogen) atoms. The number of ether oxygens (including phenoxy) is 1. The first-order valence-electron chi connectivity index (χ1n) is 5.18. The van der Waals surface area contributed by atoms with E-state index in [2.05, 4.69) is 42.2 Å². The highest BCUT2D eigenvalue weighted by Crippen LogP contribution is 2.33. The molecule has 2 rings (SSSR count). The van der Waals surface area contributed by atoms with E-state index in [9.17, 15) is 8.78 Å². The van der Waals surface area contributed by atoms with Crippen LogP contribution in [0, 0.1) is 11.6 Å². The monoisotopic (exact) mass is 392 g/mol. The first-order valence-corrected chi connectivity index (χ1v) is 6.76. The zero-order valence-corrected chi connectivity index (χ0v) is 12.8. The minimum Gasteiger partial charge on any atom is -0.435 e. The average molecular weight is 394 g/mol. The highest BCUT2D eigenvalue weighted by molar-refractivity contribution is 9.11. The Hall–Kier alpha value is -1.21. The van der Waals surface area contributed by atoms with Crippen molar-refractivity contribution in [2.45, 2.75) is 0 Å². The van der Waals surface area contributed by atoms with Crippen LogP contribution in [-0.4, -0.2) is 12.0 Å². The van der Waals surface area contributed by atoms with Gasteiger partial charge in [-0.2, -0.15) is 4.98 Å². The van der Waals surface area contributed by atoms with Gasteiger partial charge in [-0.3, -0.25) is 0 Å². The maximum Gasteiger partial charge on any atom is 0.258 e. The Morgan fingerprint density at radius 3 is 2.53 bits per heavy atom. The fourth-order valence-electron chi connectivity index (χ4n) is 1.36. The molecule has 1 heterocycles. The van der Waals surface area contributed by atoms with Crippen LogP contribution in [-0.2, 0) is 0 Å². The average Bonchev–Trinajstić information content (AvgIpc) is 2.35. The van der Waals surface area contributed by atoms with Crippen LogP contribution in [0.25, 0.3) is 0 Å². The zero-order chi connectivity index (χ0) is 14.0. The van der Waals surface area contributed by atoms with Gasteiger partial charge in [-0.25, -0.2) is 8.78 Å². The fourth-order valence-corrected chi connectivity index (χ4v) is 2.49. The SMILES string of the molecule is CNc1nc(Oc2ccc(Br)cc2Br)c(F)cc1F. The molecule has 0 spiro atoms. The van der Waals surface area contributed by atoms with E-state index in [1.807, 2.05) is 0 Å². The molecule has 0 fully saturated rings. The van der Waals surface area contributed by atoms with Crippen molar-refractivity contribution >= 4 is 37.7 Å². The van der Waals surface area contributed by atoms with Crippen molar-refractivity contribution in [1.82, 2.24) is 4.98 Å². The number of halogens is 4. The molecule has 0 unspecified atom stereocenters. The Kier molecular flexibility index (Phi) is 4.36. The van der Waals surface area contributed by atoms with Gasteiger partial charge in [0.25, 0.3) is 5.88 Å². The number of anilines is 1. The molecule has 0 radical (unpaired) electrons. The number of nitrogens with zero attached hydrogens (tertiary/aromatic N) is 1. The summed E-state index contributed by atoms with van der Waals surface area (Å²) in [5.74, 6) is -1.64. The summed E-state index contributed by atoms with van der Waals surface area (Å²) in [7, 11) is 1.49. The Labute approximate surface area is 125 Å². The summed E-state index contributed by atoms with van der Waals surface area (Å²) in [4.78, 5) is 3.73. The van der Waals surface area contributed by atoms with Crippen LogP contribution >= 0.6 is 31.9 Å². The van der Waals surface area contributed by atoms with Gasteiger partial charge >= 0.3 is 0 Å². The topological polar surface area (TPSA) is 34.2 Å². The number of nitrogens with one attached hydrogen (secondary N) is 1. The third-order valence-corrected chi connectivity index (χ3v) is 3.35. The van der Waals surface area contributed by atoms with Crippen molar-refractivity contribution in [3.8, 4) is 11.6 Å². The first-order chi connectivity index (χ1) is 9.01. The lowest BCUT2D eigenvalue weighted by molar-refractivity contribution is 0.416. The molecule has 1 aromatic carbocycles. The molecule has 1 aromatic heterocycles. The van der Waals surface area contributed by atoms with Gasteiger partial charge in [0, 0.05) is 17.6 Å². The molecule has 0 saturated carbocycles. The Morgan fingerprint density at radius 2 is 1.89 bits per heavy atom. The van der Waals surface area contributed by atoms with Gasteiger partial charge in [-0.1, -0.05) is 15.9 Å².